The normalized spacial score (nSPS) is 9.76. The number of hydrogen-bond donors (Lipinski definition) is 0. The first-order chi connectivity index (χ1) is 7.88. The van der Waals surface area contributed by atoms with E-state index in [1.54, 1.807) is 0 Å². The smallest absolute Gasteiger partial charge is 0.338 e. The van der Waals surface area contributed by atoms with Crippen LogP contribution < -0.4 is 0 Å². The molecule has 1 aromatic carbocycles. The summed E-state index contributed by atoms with van der Waals surface area (Å²) in [5, 5.41) is 21.4. The van der Waals surface area contributed by atoms with Gasteiger partial charge in [0.2, 0.25) is 0 Å². The summed E-state index contributed by atoms with van der Waals surface area (Å²) in [7, 11) is 1.08. The average molecular weight is 240 g/mol. The predicted octanol–water partition coefficient (Wildman–Crippen LogP) is 1.60. The number of hydrogen-bond acceptors (Lipinski definition) is 6. The van der Waals surface area contributed by atoms with Gasteiger partial charge >= 0.3 is 5.97 Å². The number of nitro groups is 2. The number of esters is 1. The zero-order valence-electron chi connectivity index (χ0n) is 9.00. The molecule has 0 radical (unpaired) electrons. The third kappa shape index (κ3) is 2.36. The molecule has 0 aromatic heterocycles. The van der Waals surface area contributed by atoms with Crippen LogP contribution in [-0.2, 0) is 4.74 Å². The monoisotopic (exact) mass is 240 g/mol. The molecule has 0 spiro atoms. The highest BCUT2D eigenvalue weighted by atomic mass is 16.6. The first-order valence-corrected chi connectivity index (χ1v) is 4.40. The molecule has 0 aliphatic rings. The van der Waals surface area contributed by atoms with Crippen molar-refractivity contribution in [3.05, 3.63) is 43.5 Å². The number of nitro benzene ring substituents is 2. The number of carbonyl (C=O) groups is 1. The van der Waals surface area contributed by atoms with Gasteiger partial charge in [-0.05, 0) is 6.92 Å². The minimum absolute atomic E-state index is 0.104. The van der Waals surface area contributed by atoms with Crippen molar-refractivity contribution >= 4 is 17.3 Å². The second kappa shape index (κ2) is 4.56. The molecule has 17 heavy (non-hydrogen) atoms. The molecule has 8 nitrogen and oxygen atoms in total. The number of carbonyl (C=O) groups excluding carboxylic acids is 1. The van der Waals surface area contributed by atoms with Crippen LogP contribution in [0.5, 0.6) is 0 Å². The SMILES string of the molecule is COC(=O)c1cc([N+](=O)[O-])c(C)c([N+](=O)[O-])c1. The summed E-state index contributed by atoms with van der Waals surface area (Å²) >= 11 is 0. The van der Waals surface area contributed by atoms with E-state index in [4.69, 9.17) is 0 Å². The Bertz CT molecular complexity index is 475. The molecule has 0 aliphatic carbocycles. The third-order valence-electron chi connectivity index (χ3n) is 2.17. The highest BCUT2D eigenvalue weighted by Gasteiger charge is 2.25. The Hall–Kier alpha value is -2.51. The lowest BCUT2D eigenvalue weighted by Gasteiger charge is -2.02. The van der Waals surface area contributed by atoms with Crippen LogP contribution in [-0.4, -0.2) is 22.9 Å². The van der Waals surface area contributed by atoms with Crippen molar-refractivity contribution in [3.8, 4) is 0 Å². The second-order valence-corrected chi connectivity index (χ2v) is 3.15. The van der Waals surface area contributed by atoms with Crippen LogP contribution in [0.1, 0.15) is 15.9 Å². The van der Waals surface area contributed by atoms with Crippen LogP contribution in [0.15, 0.2) is 12.1 Å². The number of ether oxygens (including phenoxy) is 1. The van der Waals surface area contributed by atoms with Crippen LogP contribution in [0.3, 0.4) is 0 Å². The van der Waals surface area contributed by atoms with Crippen molar-refractivity contribution in [1.29, 1.82) is 0 Å². The number of nitrogens with zero attached hydrogens (tertiary/aromatic N) is 2. The van der Waals surface area contributed by atoms with E-state index in [1.807, 2.05) is 0 Å². The van der Waals surface area contributed by atoms with Crippen molar-refractivity contribution < 1.29 is 19.4 Å². The standard InChI is InChI=1S/C9H8N2O6/c1-5-7(10(13)14)3-6(9(12)17-2)4-8(5)11(15)16/h3-4H,1-2H3. The summed E-state index contributed by atoms with van der Waals surface area (Å²) in [4.78, 5) is 31.0. The molecule has 0 unspecified atom stereocenters. The maximum atomic E-state index is 11.2. The fraction of sp³-hybridized carbons (Fsp3) is 0.222. The van der Waals surface area contributed by atoms with E-state index in [1.165, 1.54) is 6.92 Å². The highest BCUT2D eigenvalue weighted by molar-refractivity contribution is 5.91. The van der Waals surface area contributed by atoms with E-state index in [-0.39, 0.29) is 11.1 Å². The Balaban J connectivity index is 3.52. The lowest BCUT2D eigenvalue weighted by atomic mass is 10.1. The van der Waals surface area contributed by atoms with Crippen LogP contribution in [0.4, 0.5) is 11.4 Å². The Morgan fingerprint density at radius 1 is 1.18 bits per heavy atom. The Morgan fingerprint density at radius 2 is 1.59 bits per heavy atom. The summed E-state index contributed by atoms with van der Waals surface area (Å²) < 4.78 is 4.36. The Labute approximate surface area is 95.1 Å². The van der Waals surface area contributed by atoms with Gasteiger partial charge in [-0.1, -0.05) is 0 Å². The second-order valence-electron chi connectivity index (χ2n) is 3.15. The van der Waals surface area contributed by atoms with Crippen LogP contribution in [0.2, 0.25) is 0 Å². The highest BCUT2D eigenvalue weighted by Crippen LogP contribution is 2.29. The molecule has 0 amide bonds. The number of methoxy groups -OCH3 is 1. The fourth-order valence-electron chi connectivity index (χ4n) is 1.30. The fourth-order valence-corrected chi connectivity index (χ4v) is 1.30. The Kier molecular flexibility index (Phi) is 3.37. The maximum absolute atomic E-state index is 11.2. The van der Waals surface area contributed by atoms with E-state index in [2.05, 4.69) is 4.74 Å². The topological polar surface area (TPSA) is 113 Å². The van der Waals surface area contributed by atoms with Crippen molar-refractivity contribution in [2.75, 3.05) is 7.11 Å². The number of benzene rings is 1. The number of rotatable bonds is 3. The van der Waals surface area contributed by atoms with Gasteiger partial charge in [0.1, 0.15) is 5.56 Å². The first kappa shape index (κ1) is 12.6. The van der Waals surface area contributed by atoms with Gasteiger partial charge in [-0.25, -0.2) is 4.79 Å². The van der Waals surface area contributed by atoms with E-state index in [0.717, 1.165) is 19.2 Å². The molecule has 0 atom stereocenters. The molecule has 0 heterocycles. The zero-order chi connectivity index (χ0) is 13.2. The van der Waals surface area contributed by atoms with E-state index < -0.39 is 27.2 Å². The molecule has 0 saturated carbocycles. The molecule has 0 fully saturated rings. The van der Waals surface area contributed by atoms with Crippen LogP contribution >= 0.6 is 0 Å². The minimum atomic E-state index is -0.865. The van der Waals surface area contributed by atoms with E-state index >= 15 is 0 Å². The molecule has 90 valence electrons. The average Bonchev–Trinajstić information content (AvgIpc) is 2.27. The van der Waals surface area contributed by atoms with Crippen LogP contribution in [0.25, 0.3) is 0 Å². The van der Waals surface area contributed by atoms with Crippen molar-refractivity contribution in [3.63, 3.8) is 0 Å². The summed E-state index contributed by atoms with van der Waals surface area (Å²) in [6.45, 7) is 1.25. The van der Waals surface area contributed by atoms with Crippen LogP contribution in [0, 0.1) is 27.2 Å². The van der Waals surface area contributed by atoms with Gasteiger partial charge in [0.15, 0.2) is 0 Å². The lowest BCUT2D eigenvalue weighted by Crippen LogP contribution is -2.05. The predicted molar refractivity (Wildman–Crippen MR) is 55.8 cm³/mol. The van der Waals surface area contributed by atoms with Gasteiger partial charge in [-0.3, -0.25) is 20.2 Å². The molecule has 0 aliphatic heterocycles. The van der Waals surface area contributed by atoms with Crippen molar-refractivity contribution in [2.24, 2.45) is 0 Å². The van der Waals surface area contributed by atoms with E-state index in [9.17, 15) is 25.0 Å². The molecule has 8 heteroatoms. The zero-order valence-corrected chi connectivity index (χ0v) is 9.00. The molecular formula is C9H8N2O6. The molecule has 1 rings (SSSR count). The third-order valence-corrected chi connectivity index (χ3v) is 2.17. The summed E-state index contributed by atoms with van der Waals surface area (Å²) in [6.07, 6.45) is 0. The summed E-state index contributed by atoms with van der Waals surface area (Å²) in [6, 6.07) is 1.91. The molecule has 0 N–H and O–H groups in total. The van der Waals surface area contributed by atoms with Gasteiger partial charge in [0.05, 0.1) is 22.5 Å². The molecule has 0 saturated heterocycles. The summed E-state index contributed by atoms with van der Waals surface area (Å²) in [5.74, 6) is -0.865. The van der Waals surface area contributed by atoms with Gasteiger partial charge in [0, 0.05) is 12.1 Å². The Morgan fingerprint density at radius 3 is 1.88 bits per heavy atom. The maximum Gasteiger partial charge on any atom is 0.338 e. The quantitative estimate of drug-likeness (QED) is 0.450. The van der Waals surface area contributed by atoms with Crippen molar-refractivity contribution in [1.82, 2.24) is 0 Å². The molecular weight excluding hydrogens is 232 g/mol. The van der Waals surface area contributed by atoms with Crippen molar-refractivity contribution in [2.45, 2.75) is 6.92 Å². The minimum Gasteiger partial charge on any atom is -0.465 e. The van der Waals surface area contributed by atoms with E-state index in [0.29, 0.717) is 0 Å². The molecule has 1 aromatic rings. The first-order valence-electron chi connectivity index (χ1n) is 4.40. The largest absolute Gasteiger partial charge is 0.465 e. The van der Waals surface area contributed by atoms with Gasteiger partial charge in [-0.15, -0.1) is 0 Å². The van der Waals surface area contributed by atoms with Gasteiger partial charge in [0.25, 0.3) is 11.4 Å². The van der Waals surface area contributed by atoms with Gasteiger partial charge in [-0.2, -0.15) is 0 Å². The van der Waals surface area contributed by atoms with Gasteiger partial charge < -0.3 is 4.74 Å². The lowest BCUT2D eigenvalue weighted by molar-refractivity contribution is -0.395. The molecule has 0 bridgehead atoms. The summed E-state index contributed by atoms with van der Waals surface area (Å²) in [5.41, 5.74) is -1.30.